The zero-order chi connectivity index (χ0) is 21.5. The Kier molecular flexibility index (Phi) is 8.71. The molecule has 0 aliphatic heterocycles. The molecule has 12 heteroatoms. The van der Waals surface area contributed by atoms with E-state index in [4.69, 9.17) is 16.3 Å². The molecule has 1 atom stereocenters. The summed E-state index contributed by atoms with van der Waals surface area (Å²) in [6, 6.07) is 0.601. The second-order valence-electron chi connectivity index (χ2n) is 5.79. The number of sulfonamides is 1. The van der Waals surface area contributed by atoms with Gasteiger partial charge in [-0.2, -0.15) is 17.9 Å². The summed E-state index contributed by atoms with van der Waals surface area (Å²) in [6.07, 6.45) is -3.24. The van der Waals surface area contributed by atoms with Crippen LogP contribution in [0.3, 0.4) is 0 Å². The summed E-state index contributed by atoms with van der Waals surface area (Å²) in [5.41, 5.74) is -1.32. The second kappa shape index (κ2) is 10.1. The van der Waals surface area contributed by atoms with E-state index in [-0.39, 0.29) is 0 Å². The van der Waals surface area contributed by atoms with Crippen LogP contribution in [0.1, 0.15) is 32.3 Å². The van der Waals surface area contributed by atoms with E-state index in [0.717, 1.165) is 31.9 Å². The van der Waals surface area contributed by atoms with Gasteiger partial charge in [-0.3, -0.25) is 9.59 Å². The zero-order valence-electron chi connectivity index (χ0n) is 15.1. The normalized spacial score (nSPS) is 13.1. The average molecular weight is 445 g/mol. The number of ether oxygens (including phenoxy) is 1. The molecule has 0 heterocycles. The molecule has 0 aliphatic rings. The van der Waals surface area contributed by atoms with Crippen molar-refractivity contribution in [2.45, 2.75) is 43.8 Å². The van der Waals surface area contributed by atoms with Gasteiger partial charge in [0.15, 0.2) is 6.61 Å². The van der Waals surface area contributed by atoms with Crippen molar-refractivity contribution in [3.8, 4) is 0 Å². The third kappa shape index (κ3) is 7.28. The van der Waals surface area contributed by atoms with E-state index < -0.39 is 56.2 Å². The molecule has 0 saturated heterocycles. The Morgan fingerprint density at radius 2 is 1.93 bits per heavy atom. The monoisotopic (exact) mass is 444 g/mol. The van der Waals surface area contributed by atoms with Crippen molar-refractivity contribution in [2.75, 3.05) is 13.2 Å². The molecule has 0 aromatic heterocycles. The van der Waals surface area contributed by atoms with Crippen LogP contribution in [0, 0.1) is 0 Å². The topological polar surface area (TPSA) is 102 Å². The summed E-state index contributed by atoms with van der Waals surface area (Å²) in [4.78, 5) is 22.6. The van der Waals surface area contributed by atoms with Gasteiger partial charge in [0.25, 0.3) is 5.91 Å². The van der Waals surface area contributed by atoms with E-state index in [0.29, 0.717) is 12.6 Å². The van der Waals surface area contributed by atoms with Crippen LogP contribution in [0.25, 0.3) is 0 Å². The number of hydrogen-bond donors (Lipinski definition) is 2. The number of alkyl halides is 3. The molecule has 1 aromatic rings. The maximum absolute atomic E-state index is 12.9. The summed E-state index contributed by atoms with van der Waals surface area (Å²) < 4.78 is 69.7. The smallest absolute Gasteiger partial charge is 0.417 e. The molecule has 0 bridgehead atoms. The molecule has 0 saturated carbocycles. The van der Waals surface area contributed by atoms with Crippen LogP contribution >= 0.6 is 11.6 Å². The first-order valence-electron chi connectivity index (χ1n) is 8.21. The van der Waals surface area contributed by atoms with Crippen LogP contribution in [0.5, 0.6) is 0 Å². The number of carbonyl (C=O) groups is 2. The Morgan fingerprint density at radius 3 is 2.50 bits per heavy atom. The number of benzene rings is 1. The maximum Gasteiger partial charge on any atom is 0.417 e. The lowest BCUT2D eigenvalue weighted by molar-refractivity contribution is -0.149. The first-order valence-corrected chi connectivity index (χ1v) is 10.1. The molecule has 158 valence electrons. The molecule has 0 unspecified atom stereocenters. The number of unbranched alkanes of at least 4 members (excludes halogenated alkanes) is 1. The summed E-state index contributed by atoms with van der Waals surface area (Å²) in [7, 11) is -4.47. The van der Waals surface area contributed by atoms with Gasteiger partial charge in [-0.05, 0) is 31.5 Å². The van der Waals surface area contributed by atoms with Crippen molar-refractivity contribution in [1.29, 1.82) is 0 Å². The van der Waals surface area contributed by atoms with Gasteiger partial charge in [-0.15, -0.1) is 0 Å². The van der Waals surface area contributed by atoms with Gasteiger partial charge in [0.05, 0.1) is 15.5 Å². The number of halogens is 4. The van der Waals surface area contributed by atoms with Gasteiger partial charge in [0, 0.05) is 6.54 Å². The van der Waals surface area contributed by atoms with E-state index in [1.807, 2.05) is 11.6 Å². The highest BCUT2D eigenvalue weighted by molar-refractivity contribution is 7.89. The number of nitrogens with one attached hydrogen (secondary N) is 2. The van der Waals surface area contributed by atoms with Crippen LogP contribution in [0.2, 0.25) is 5.02 Å². The zero-order valence-corrected chi connectivity index (χ0v) is 16.7. The molecule has 7 nitrogen and oxygen atoms in total. The van der Waals surface area contributed by atoms with Gasteiger partial charge >= 0.3 is 12.1 Å². The van der Waals surface area contributed by atoms with Crippen molar-refractivity contribution in [1.82, 2.24) is 10.0 Å². The largest absolute Gasteiger partial charge is 0.454 e. The predicted octanol–water partition coefficient (Wildman–Crippen LogP) is 2.49. The molecular formula is C16H20ClF3N2O5S. The second-order valence-corrected chi connectivity index (χ2v) is 7.91. The standard InChI is InChI=1S/C16H20ClF3N2O5S/c1-3-4-7-21-14(23)9-27-15(24)10(2)22-28(25,26)11-5-6-13(17)12(8-11)16(18,19)20/h5-6,8,10,22H,3-4,7,9H2,1-2H3,(H,21,23)/t10-/m0/s1. The average Bonchev–Trinajstić information content (AvgIpc) is 2.58. The fourth-order valence-corrected chi connectivity index (χ4v) is 3.40. The molecular weight excluding hydrogens is 425 g/mol. The van der Waals surface area contributed by atoms with Crippen LogP contribution in [-0.2, 0) is 30.5 Å². The lowest BCUT2D eigenvalue weighted by Crippen LogP contribution is -2.41. The fourth-order valence-electron chi connectivity index (χ4n) is 1.95. The van der Waals surface area contributed by atoms with Crippen LogP contribution in [0.15, 0.2) is 23.1 Å². The van der Waals surface area contributed by atoms with E-state index in [1.54, 1.807) is 0 Å². The molecule has 2 N–H and O–H groups in total. The molecule has 0 radical (unpaired) electrons. The molecule has 0 spiro atoms. The van der Waals surface area contributed by atoms with Gasteiger partial charge < -0.3 is 10.1 Å². The van der Waals surface area contributed by atoms with E-state index in [2.05, 4.69) is 5.32 Å². The summed E-state index contributed by atoms with van der Waals surface area (Å²) in [5, 5.41) is 1.84. The molecule has 0 fully saturated rings. The summed E-state index contributed by atoms with van der Waals surface area (Å²) in [5.74, 6) is -1.61. The Balaban J connectivity index is 2.76. The summed E-state index contributed by atoms with van der Waals surface area (Å²) >= 11 is 5.46. The van der Waals surface area contributed by atoms with E-state index in [9.17, 15) is 31.2 Å². The van der Waals surface area contributed by atoms with Crippen molar-refractivity contribution >= 4 is 33.5 Å². The third-order valence-electron chi connectivity index (χ3n) is 3.44. The number of amides is 1. The Labute approximate surface area is 165 Å². The lowest BCUT2D eigenvalue weighted by Gasteiger charge is -2.15. The maximum atomic E-state index is 12.9. The molecule has 28 heavy (non-hydrogen) atoms. The Morgan fingerprint density at radius 1 is 1.29 bits per heavy atom. The highest BCUT2D eigenvalue weighted by Gasteiger charge is 2.35. The third-order valence-corrected chi connectivity index (χ3v) is 5.31. The highest BCUT2D eigenvalue weighted by Crippen LogP contribution is 2.35. The predicted molar refractivity (Wildman–Crippen MR) is 95.1 cm³/mol. The van der Waals surface area contributed by atoms with Gasteiger partial charge in [0.2, 0.25) is 10.0 Å². The van der Waals surface area contributed by atoms with Crippen molar-refractivity contribution < 1.29 is 35.9 Å². The molecule has 1 amide bonds. The van der Waals surface area contributed by atoms with Crippen molar-refractivity contribution in [3.05, 3.63) is 28.8 Å². The van der Waals surface area contributed by atoms with Crippen LogP contribution in [0.4, 0.5) is 13.2 Å². The minimum Gasteiger partial charge on any atom is -0.454 e. The van der Waals surface area contributed by atoms with Crippen LogP contribution < -0.4 is 10.0 Å². The fraction of sp³-hybridized carbons (Fsp3) is 0.500. The Bertz CT molecular complexity index is 815. The first-order chi connectivity index (χ1) is 12.9. The van der Waals surface area contributed by atoms with Crippen molar-refractivity contribution in [2.24, 2.45) is 0 Å². The molecule has 1 aromatic carbocycles. The minimum atomic E-state index is -4.85. The van der Waals surface area contributed by atoms with Crippen LogP contribution in [-0.4, -0.2) is 39.5 Å². The molecule has 0 aliphatic carbocycles. The number of carbonyl (C=O) groups excluding carboxylic acids is 2. The number of esters is 1. The SMILES string of the molecule is CCCCNC(=O)COC(=O)[C@H](C)NS(=O)(=O)c1ccc(Cl)c(C(F)(F)F)c1. The Hall–Kier alpha value is -1.85. The van der Waals surface area contributed by atoms with E-state index >= 15 is 0 Å². The summed E-state index contributed by atoms with van der Waals surface area (Å²) in [6.45, 7) is 2.87. The quantitative estimate of drug-likeness (QED) is 0.450. The van der Waals surface area contributed by atoms with Gasteiger partial charge in [0.1, 0.15) is 6.04 Å². The molecule has 1 rings (SSSR count). The minimum absolute atomic E-state index is 0.365. The van der Waals surface area contributed by atoms with E-state index in [1.165, 1.54) is 0 Å². The van der Waals surface area contributed by atoms with Gasteiger partial charge in [-0.25, -0.2) is 8.42 Å². The number of rotatable bonds is 9. The van der Waals surface area contributed by atoms with Gasteiger partial charge in [-0.1, -0.05) is 24.9 Å². The highest BCUT2D eigenvalue weighted by atomic mass is 35.5. The number of hydrogen-bond acceptors (Lipinski definition) is 5. The van der Waals surface area contributed by atoms with Crippen molar-refractivity contribution in [3.63, 3.8) is 0 Å². The lowest BCUT2D eigenvalue weighted by atomic mass is 10.2. The first kappa shape index (κ1) is 24.2.